The summed E-state index contributed by atoms with van der Waals surface area (Å²) in [6.07, 6.45) is 0.934. The summed E-state index contributed by atoms with van der Waals surface area (Å²) >= 11 is 1.43. The fourth-order valence-electron chi connectivity index (χ4n) is 0.975. The third kappa shape index (κ3) is 3.30. The van der Waals surface area contributed by atoms with Crippen LogP contribution in [0.1, 0.15) is 12.1 Å². The molecule has 0 saturated heterocycles. The second-order valence-corrected chi connectivity index (χ2v) is 3.63. The Morgan fingerprint density at radius 3 is 3.00 bits per heavy atom. The average molecular weight is 201 g/mol. The molecule has 1 heterocycles. The lowest BCUT2D eigenvalue weighted by molar-refractivity contribution is 0.196. The highest BCUT2D eigenvalue weighted by Gasteiger charge is 2.03. The predicted molar refractivity (Wildman–Crippen MR) is 54.9 cm³/mol. The highest BCUT2D eigenvalue weighted by Crippen LogP contribution is 2.18. The fraction of sp³-hybridized carbons (Fsp3) is 0.625. The molecule has 1 aromatic rings. The van der Waals surface area contributed by atoms with Crippen molar-refractivity contribution in [1.29, 1.82) is 0 Å². The number of rotatable bonds is 5. The molecule has 0 bridgehead atoms. The third-order valence-corrected chi connectivity index (χ3v) is 2.56. The maximum atomic E-state index is 5.80. The largest absolute Gasteiger partial charge is 0.385 e. The Bertz CT molecular complexity index is 251. The molecule has 1 rings (SSSR count). The molecular formula is C8H15N3OS. The van der Waals surface area contributed by atoms with Gasteiger partial charge in [-0.2, -0.15) is 4.37 Å². The molecule has 2 N–H and O–H groups in total. The number of aryl methyl sites for hydroxylation is 1. The number of nitrogens with zero attached hydrogens (tertiary/aromatic N) is 2. The summed E-state index contributed by atoms with van der Waals surface area (Å²) < 4.78 is 9.09. The van der Waals surface area contributed by atoms with Crippen molar-refractivity contribution in [3.05, 3.63) is 11.8 Å². The van der Waals surface area contributed by atoms with Gasteiger partial charge in [-0.3, -0.25) is 0 Å². The number of ether oxygens (including phenoxy) is 1. The molecule has 5 heteroatoms. The summed E-state index contributed by atoms with van der Waals surface area (Å²) in [4.78, 5) is 0. The van der Waals surface area contributed by atoms with Crippen molar-refractivity contribution in [2.45, 2.75) is 13.3 Å². The Morgan fingerprint density at radius 2 is 2.46 bits per heavy atom. The topological polar surface area (TPSA) is 51.4 Å². The van der Waals surface area contributed by atoms with Crippen LogP contribution in [0.3, 0.4) is 0 Å². The highest BCUT2D eigenvalue weighted by atomic mass is 32.1. The van der Waals surface area contributed by atoms with Crippen LogP contribution in [-0.4, -0.2) is 24.6 Å². The van der Waals surface area contributed by atoms with E-state index in [1.807, 2.05) is 13.0 Å². The maximum absolute atomic E-state index is 5.80. The molecule has 0 radical (unpaired) electrons. The van der Waals surface area contributed by atoms with Crippen LogP contribution < -0.4 is 10.9 Å². The smallest absolute Gasteiger partial charge is 0.126 e. The van der Waals surface area contributed by atoms with E-state index in [-0.39, 0.29) is 0 Å². The second kappa shape index (κ2) is 5.16. The highest BCUT2D eigenvalue weighted by molar-refractivity contribution is 7.10. The van der Waals surface area contributed by atoms with E-state index in [1.165, 1.54) is 11.5 Å². The molecule has 0 aromatic carbocycles. The Kier molecular flexibility index (Phi) is 4.14. The summed E-state index contributed by atoms with van der Waals surface area (Å²) in [5.74, 6) is 5.80. The Morgan fingerprint density at radius 1 is 1.69 bits per heavy atom. The average Bonchev–Trinajstić information content (AvgIpc) is 2.52. The standard InChI is InChI=1S/C8H15N3OS/c1-7-6-8(13-10-7)11(9)4-3-5-12-2/h6H,3-5,9H2,1-2H3. The molecule has 13 heavy (non-hydrogen) atoms. The lowest BCUT2D eigenvalue weighted by atomic mass is 10.4. The normalized spacial score (nSPS) is 10.4. The van der Waals surface area contributed by atoms with Gasteiger partial charge < -0.3 is 9.75 Å². The summed E-state index contributed by atoms with van der Waals surface area (Å²) in [5.41, 5.74) is 1.02. The molecule has 0 aliphatic heterocycles. The van der Waals surface area contributed by atoms with Crippen molar-refractivity contribution in [3.63, 3.8) is 0 Å². The third-order valence-electron chi connectivity index (χ3n) is 1.65. The summed E-state index contributed by atoms with van der Waals surface area (Å²) in [6.45, 7) is 3.50. The van der Waals surface area contributed by atoms with E-state index < -0.39 is 0 Å². The van der Waals surface area contributed by atoms with E-state index in [0.29, 0.717) is 0 Å². The zero-order valence-corrected chi connectivity index (χ0v) is 8.80. The quantitative estimate of drug-likeness (QED) is 0.441. The van der Waals surface area contributed by atoms with Gasteiger partial charge in [0.1, 0.15) is 5.00 Å². The minimum Gasteiger partial charge on any atom is -0.385 e. The molecule has 4 nitrogen and oxygen atoms in total. The van der Waals surface area contributed by atoms with Crippen LogP contribution in [0.4, 0.5) is 5.00 Å². The number of hydrogen-bond acceptors (Lipinski definition) is 5. The van der Waals surface area contributed by atoms with Gasteiger partial charge in [-0.1, -0.05) is 0 Å². The van der Waals surface area contributed by atoms with Crippen LogP contribution in [0.5, 0.6) is 0 Å². The van der Waals surface area contributed by atoms with Gasteiger partial charge in [0.25, 0.3) is 0 Å². The number of methoxy groups -OCH3 is 1. The van der Waals surface area contributed by atoms with E-state index in [1.54, 1.807) is 12.1 Å². The van der Waals surface area contributed by atoms with E-state index in [9.17, 15) is 0 Å². The van der Waals surface area contributed by atoms with Crippen molar-refractivity contribution in [2.75, 3.05) is 25.3 Å². The van der Waals surface area contributed by atoms with Crippen LogP contribution in [0.2, 0.25) is 0 Å². The zero-order valence-electron chi connectivity index (χ0n) is 7.99. The van der Waals surface area contributed by atoms with E-state index in [0.717, 1.165) is 30.3 Å². The Balaban J connectivity index is 2.35. The van der Waals surface area contributed by atoms with Gasteiger partial charge in [-0.25, -0.2) is 5.84 Å². The fourth-order valence-corrected chi connectivity index (χ4v) is 1.68. The predicted octanol–water partition coefficient (Wildman–Crippen LogP) is 1.17. The number of hydrogen-bond donors (Lipinski definition) is 1. The van der Waals surface area contributed by atoms with Crippen LogP contribution in [0.15, 0.2) is 6.07 Å². The molecular weight excluding hydrogens is 186 g/mol. The van der Waals surface area contributed by atoms with Gasteiger partial charge in [0.2, 0.25) is 0 Å². The SMILES string of the molecule is COCCCN(N)c1cc(C)ns1. The number of anilines is 1. The van der Waals surface area contributed by atoms with Crippen LogP contribution in [0.25, 0.3) is 0 Å². The van der Waals surface area contributed by atoms with Gasteiger partial charge in [-0.15, -0.1) is 0 Å². The lowest BCUT2D eigenvalue weighted by Crippen LogP contribution is -2.31. The summed E-state index contributed by atoms with van der Waals surface area (Å²) in [7, 11) is 1.69. The Hall–Kier alpha value is -0.650. The van der Waals surface area contributed by atoms with Gasteiger partial charge in [0.05, 0.1) is 5.69 Å². The molecule has 0 spiro atoms. The van der Waals surface area contributed by atoms with Gasteiger partial charge in [-0.05, 0) is 30.9 Å². The molecule has 0 fully saturated rings. The van der Waals surface area contributed by atoms with Crippen LogP contribution >= 0.6 is 11.5 Å². The minimum absolute atomic E-state index is 0.742. The Labute approximate surface area is 82.4 Å². The maximum Gasteiger partial charge on any atom is 0.126 e. The van der Waals surface area contributed by atoms with Crippen molar-refractivity contribution in [1.82, 2.24) is 4.37 Å². The van der Waals surface area contributed by atoms with E-state index in [4.69, 9.17) is 10.6 Å². The van der Waals surface area contributed by atoms with Crippen molar-refractivity contribution < 1.29 is 4.74 Å². The van der Waals surface area contributed by atoms with E-state index in [2.05, 4.69) is 4.37 Å². The molecule has 0 atom stereocenters. The zero-order chi connectivity index (χ0) is 9.68. The minimum atomic E-state index is 0.742. The number of aromatic nitrogens is 1. The van der Waals surface area contributed by atoms with Gasteiger partial charge in [0.15, 0.2) is 0 Å². The van der Waals surface area contributed by atoms with Gasteiger partial charge >= 0.3 is 0 Å². The lowest BCUT2D eigenvalue weighted by Gasteiger charge is -2.14. The first-order chi connectivity index (χ1) is 6.24. The molecule has 0 amide bonds. The van der Waals surface area contributed by atoms with Crippen molar-refractivity contribution in [2.24, 2.45) is 5.84 Å². The van der Waals surface area contributed by atoms with Crippen LogP contribution in [0, 0.1) is 6.92 Å². The molecule has 0 saturated carbocycles. The second-order valence-electron chi connectivity index (χ2n) is 2.85. The first kappa shape index (κ1) is 10.4. The number of hydrazine groups is 1. The summed E-state index contributed by atoms with van der Waals surface area (Å²) in [5, 5.41) is 2.72. The molecule has 74 valence electrons. The van der Waals surface area contributed by atoms with Crippen molar-refractivity contribution >= 4 is 16.5 Å². The first-order valence-electron chi connectivity index (χ1n) is 4.18. The van der Waals surface area contributed by atoms with Gasteiger partial charge in [0, 0.05) is 20.3 Å². The van der Waals surface area contributed by atoms with E-state index >= 15 is 0 Å². The van der Waals surface area contributed by atoms with Crippen LogP contribution in [-0.2, 0) is 4.74 Å². The number of nitrogens with two attached hydrogens (primary N) is 1. The molecule has 1 aromatic heterocycles. The first-order valence-corrected chi connectivity index (χ1v) is 4.96. The summed E-state index contributed by atoms with van der Waals surface area (Å²) in [6, 6.07) is 1.98. The molecule has 0 aliphatic rings. The molecule has 0 aliphatic carbocycles. The molecule has 0 unspecified atom stereocenters. The monoisotopic (exact) mass is 201 g/mol. The van der Waals surface area contributed by atoms with Crippen molar-refractivity contribution in [3.8, 4) is 0 Å².